The lowest BCUT2D eigenvalue weighted by Gasteiger charge is -2.18. The van der Waals surface area contributed by atoms with E-state index in [1.807, 2.05) is 0 Å². The third kappa shape index (κ3) is 4.92. The lowest BCUT2D eigenvalue weighted by molar-refractivity contribution is -0.156. The van der Waals surface area contributed by atoms with Gasteiger partial charge in [-0.15, -0.1) is 0 Å². The number of hydrogen-bond acceptors (Lipinski definition) is 4. The SMILES string of the molecule is CC(O)(CNC(=O)COc1ccccc1C(F)(F)F)C(=O)O. The molecule has 1 atom stereocenters. The summed E-state index contributed by atoms with van der Waals surface area (Å²) in [5, 5.41) is 20.1. The van der Waals surface area contributed by atoms with Gasteiger partial charge in [0.05, 0.1) is 12.1 Å². The Labute approximate surface area is 123 Å². The van der Waals surface area contributed by atoms with Crippen molar-refractivity contribution in [1.82, 2.24) is 5.32 Å². The van der Waals surface area contributed by atoms with E-state index in [1.54, 1.807) is 0 Å². The molecule has 9 heteroatoms. The van der Waals surface area contributed by atoms with Crippen molar-refractivity contribution < 1.29 is 37.7 Å². The van der Waals surface area contributed by atoms with Gasteiger partial charge in [-0.2, -0.15) is 13.2 Å². The van der Waals surface area contributed by atoms with E-state index in [0.29, 0.717) is 0 Å². The van der Waals surface area contributed by atoms with Gasteiger partial charge < -0.3 is 20.3 Å². The van der Waals surface area contributed by atoms with E-state index in [9.17, 15) is 27.9 Å². The van der Waals surface area contributed by atoms with Crippen molar-refractivity contribution in [1.29, 1.82) is 0 Å². The lowest BCUT2D eigenvalue weighted by atomic mass is 10.1. The molecule has 0 aliphatic carbocycles. The van der Waals surface area contributed by atoms with Crippen molar-refractivity contribution in [3.05, 3.63) is 29.8 Å². The highest BCUT2D eigenvalue weighted by atomic mass is 19.4. The van der Waals surface area contributed by atoms with Crippen LogP contribution >= 0.6 is 0 Å². The molecule has 0 saturated heterocycles. The highest BCUT2D eigenvalue weighted by Gasteiger charge is 2.34. The highest BCUT2D eigenvalue weighted by Crippen LogP contribution is 2.35. The second-order valence-electron chi connectivity index (χ2n) is 4.64. The summed E-state index contributed by atoms with van der Waals surface area (Å²) >= 11 is 0. The Hall–Kier alpha value is -2.29. The van der Waals surface area contributed by atoms with Gasteiger partial charge in [0, 0.05) is 0 Å². The Morgan fingerprint density at radius 1 is 1.27 bits per heavy atom. The summed E-state index contributed by atoms with van der Waals surface area (Å²) in [4.78, 5) is 22.0. The Kier molecular flexibility index (Phi) is 5.37. The minimum Gasteiger partial charge on any atom is -0.483 e. The van der Waals surface area contributed by atoms with Crippen LogP contribution in [0.15, 0.2) is 24.3 Å². The molecule has 0 radical (unpaired) electrons. The predicted octanol–water partition coefficient (Wildman–Crippen LogP) is 1.04. The van der Waals surface area contributed by atoms with Crippen LogP contribution in [0.25, 0.3) is 0 Å². The number of hydrogen-bond donors (Lipinski definition) is 3. The average molecular weight is 321 g/mol. The van der Waals surface area contributed by atoms with Gasteiger partial charge in [0.2, 0.25) is 0 Å². The molecule has 0 fully saturated rings. The second-order valence-corrected chi connectivity index (χ2v) is 4.64. The van der Waals surface area contributed by atoms with Gasteiger partial charge in [-0.05, 0) is 19.1 Å². The standard InChI is InChI=1S/C13H14F3NO5/c1-12(21,11(19)20)7-17-10(18)6-22-9-5-3-2-4-8(9)13(14,15)16/h2-5,21H,6-7H2,1H3,(H,17,18)(H,19,20). The van der Waals surface area contributed by atoms with E-state index in [2.05, 4.69) is 5.32 Å². The molecule has 1 rings (SSSR count). The summed E-state index contributed by atoms with van der Waals surface area (Å²) in [5.41, 5.74) is -3.21. The Bertz CT molecular complexity index is 557. The summed E-state index contributed by atoms with van der Waals surface area (Å²) in [7, 11) is 0. The van der Waals surface area contributed by atoms with Crippen molar-refractivity contribution in [2.75, 3.05) is 13.2 Å². The Balaban J connectivity index is 2.61. The number of aliphatic carboxylic acids is 1. The van der Waals surface area contributed by atoms with Crippen LogP contribution in [0.4, 0.5) is 13.2 Å². The van der Waals surface area contributed by atoms with Crippen LogP contribution in [0.1, 0.15) is 12.5 Å². The van der Waals surface area contributed by atoms with Gasteiger partial charge in [0.1, 0.15) is 5.75 Å². The van der Waals surface area contributed by atoms with Crippen molar-refractivity contribution in [2.45, 2.75) is 18.7 Å². The smallest absolute Gasteiger partial charge is 0.419 e. The van der Waals surface area contributed by atoms with Gasteiger partial charge in [-0.1, -0.05) is 12.1 Å². The molecule has 6 nitrogen and oxygen atoms in total. The molecule has 3 N–H and O–H groups in total. The van der Waals surface area contributed by atoms with E-state index in [0.717, 1.165) is 19.1 Å². The number of amides is 1. The molecule has 0 aliphatic rings. The van der Waals surface area contributed by atoms with Crippen molar-refractivity contribution in [2.24, 2.45) is 0 Å². The first-order valence-electron chi connectivity index (χ1n) is 6.05. The van der Waals surface area contributed by atoms with E-state index in [-0.39, 0.29) is 0 Å². The lowest BCUT2D eigenvalue weighted by Crippen LogP contribution is -2.47. The molecular formula is C13H14F3NO5. The molecular weight excluding hydrogens is 307 g/mol. The fraction of sp³-hybridized carbons (Fsp3) is 0.385. The largest absolute Gasteiger partial charge is 0.483 e. The molecule has 122 valence electrons. The van der Waals surface area contributed by atoms with Gasteiger partial charge in [0.15, 0.2) is 12.2 Å². The van der Waals surface area contributed by atoms with Crippen LogP contribution in [0.5, 0.6) is 5.75 Å². The molecule has 1 aromatic rings. The summed E-state index contributed by atoms with van der Waals surface area (Å²) in [6, 6.07) is 4.36. The van der Waals surface area contributed by atoms with Crippen LogP contribution in [-0.2, 0) is 15.8 Å². The van der Waals surface area contributed by atoms with Crippen molar-refractivity contribution in [3.8, 4) is 5.75 Å². The number of carbonyl (C=O) groups excluding carboxylic acids is 1. The fourth-order valence-electron chi connectivity index (χ4n) is 1.37. The molecule has 0 aliphatic heterocycles. The number of nitrogens with one attached hydrogen (secondary N) is 1. The fourth-order valence-corrected chi connectivity index (χ4v) is 1.37. The van der Waals surface area contributed by atoms with Crippen molar-refractivity contribution >= 4 is 11.9 Å². The molecule has 1 amide bonds. The number of rotatable bonds is 6. The van der Waals surface area contributed by atoms with Gasteiger partial charge in [-0.3, -0.25) is 4.79 Å². The number of benzene rings is 1. The van der Waals surface area contributed by atoms with E-state index < -0.39 is 48.1 Å². The molecule has 0 spiro atoms. The van der Waals surface area contributed by atoms with E-state index >= 15 is 0 Å². The second kappa shape index (κ2) is 6.65. The summed E-state index contributed by atoms with van der Waals surface area (Å²) in [6.45, 7) is -0.385. The van der Waals surface area contributed by atoms with Gasteiger partial charge in [0.25, 0.3) is 5.91 Å². The molecule has 0 aromatic heterocycles. The number of aliphatic hydroxyl groups is 1. The maximum absolute atomic E-state index is 12.7. The summed E-state index contributed by atoms with van der Waals surface area (Å²) in [6.07, 6.45) is -4.62. The minimum absolute atomic E-state index is 0.518. The molecule has 22 heavy (non-hydrogen) atoms. The molecule has 1 aromatic carbocycles. The number of carbonyl (C=O) groups is 2. The molecule has 0 saturated carbocycles. The number of halogens is 3. The molecule has 0 bridgehead atoms. The highest BCUT2D eigenvalue weighted by molar-refractivity contribution is 5.80. The quantitative estimate of drug-likeness (QED) is 0.727. The number of para-hydroxylation sites is 1. The van der Waals surface area contributed by atoms with Crippen LogP contribution < -0.4 is 10.1 Å². The van der Waals surface area contributed by atoms with Crippen LogP contribution in [0.3, 0.4) is 0 Å². The summed E-state index contributed by atoms with van der Waals surface area (Å²) in [5.74, 6) is -2.93. The third-order valence-electron chi connectivity index (χ3n) is 2.64. The maximum atomic E-state index is 12.7. The topological polar surface area (TPSA) is 95.9 Å². The zero-order chi connectivity index (χ0) is 17.0. The average Bonchev–Trinajstić information content (AvgIpc) is 2.42. The number of carboxylic acids is 1. The van der Waals surface area contributed by atoms with E-state index in [1.165, 1.54) is 12.1 Å². The predicted molar refractivity (Wildman–Crippen MR) is 68.2 cm³/mol. The Morgan fingerprint density at radius 2 is 1.86 bits per heavy atom. The summed E-state index contributed by atoms with van der Waals surface area (Å²) < 4.78 is 42.9. The number of carboxylic acid groups (broad SMARTS) is 1. The Morgan fingerprint density at radius 3 is 2.41 bits per heavy atom. The van der Waals surface area contributed by atoms with Crippen molar-refractivity contribution in [3.63, 3.8) is 0 Å². The first kappa shape index (κ1) is 17.8. The maximum Gasteiger partial charge on any atom is 0.419 e. The van der Waals surface area contributed by atoms with Crippen LogP contribution in [0.2, 0.25) is 0 Å². The normalized spacial score (nSPS) is 14.0. The zero-order valence-corrected chi connectivity index (χ0v) is 11.5. The zero-order valence-electron chi connectivity index (χ0n) is 11.5. The number of ether oxygens (including phenoxy) is 1. The third-order valence-corrected chi connectivity index (χ3v) is 2.64. The first-order valence-corrected chi connectivity index (χ1v) is 6.05. The number of alkyl halides is 3. The van der Waals surface area contributed by atoms with E-state index in [4.69, 9.17) is 9.84 Å². The van der Waals surface area contributed by atoms with Gasteiger partial charge >= 0.3 is 12.1 Å². The van der Waals surface area contributed by atoms with Crippen LogP contribution in [-0.4, -0.2) is 40.8 Å². The molecule has 0 heterocycles. The van der Waals surface area contributed by atoms with Gasteiger partial charge in [-0.25, -0.2) is 4.79 Å². The first-order chi connectivity index (χ1) is 10.0. The van der Waals surface area contributed by atoms with Crippen LogP contribution in [0, 0.1) is 0 Å². The monoisotopic (exact) mass is 321 g/mol. The minimum atomic E-state index is -4.62. The molecule has 1 unspecified atom stereocenters.